The second-order valence-corrected chi connectivity index (χ2v) is 3.88. The molecule has 1 heterocycles. The molecular formula is C11H10F3N3O2. The van der Waals surface area contributed by atoms with Crippen LogP contribution >= 0.6 is 0 Å². The van der Waals surface area contributed by atoms with Crippen molar-refractivity contribution in [2.45, 2.75) is 31.0 Å². The molecule has 0 N–H and O–H groups in total. The van der Waals surface area contributed by atoms with Gasteiger partial charge < -0.3 is 9.26 Å². The summed E-state index contributed by atoms with van der Waals surface area (Å²) in [6, 6.07) is 2.97. The van der Waals surface area contributed by atoms with E-state index in [0.29, 0.717) is 0 Å². The molecule has 0 aliphatic rings. The third kappa shape index (κ3) is 4.18. The monoisotopic (exact) mass is 273 g/mol. The summed E-state index contributed by atoms with van der Waals surface area (Å²) in [5, 5.41) is 12.4. The van der Waals surface area contributed by atoms with Gasteiger partial charge in [0.25, 0.3) is 5.88 Å². The van der Waals surface area contributed by atoms with Crippen molar-refractivity contribution < 1.29 is 22.4 Å². The first-order chi connectivity index (χ1) is 8.84. The highest BCUT2D eigenvalue weighted by Gasteiger charge is 2.43. The van der Waals surface area contributed by atoms with Gasteiger partial charge >= 0.3 is 11.7 Å². The Labute approximate surface area is 107 Å². The topological polar surface area (TPSA) is 63.4 Å². The van der Waals surface area contributed by atoms with Gasteiger partial charge in [0.05, 0.1) is 13.5 Å². The van der Waals surface area contributed by atoms with Crippen LogP contribution in [0.15, 0.2) is 10.6 Å². The molecule has 0 aromatic carbocycles. The van der Waals surface area contributed by atoms with Crippen LogP contribution in [-0.2, 0) is 6.42 Å². The van der Waals surface area contributed by atoms with Crippen molar-refractivity contribution in [1.82, 2.24) is 5.16 Å². The fourth-order valence-electron chi connectivity index (χ4n) is 1.41. The standard InChI is InChI=1S/C11H10F3N3O2/c1-16-10(7-15,3-4-11(12,13)14)6-8-5-9(18-2)17-19-8/h5H,3-4,6H2,2H3. The highest BCUT2D eigenvalue weighted by molar-refractivity contribution is 5.23. The molecule has 8 heteroatoms. The van der Waals surface area contributed by atoms with Gasteiger partial charge in [0.2, 0.25) is 0 Å². The minimum Gasteiger partial charge on any atom is -0.479 e. The molecule has 0 radical (unpaired) electrons. The van der Waals surface area contributed by atoms with Gasteiger partial charge in [-0.05, 0) is 5.16 Å². The first-order valence-corrected chi connectivity index (χ1v) is 5.20. The van der Waals surface area contributed by atoms with E-state index < -0.39 is 24.6 Å². The Morgan fingerprint density at radius 2 is 2.21 bits per heavy atom. The number of nitrogens with zero attached hydrogens (tertiary/aromatic N) is 3. The van der Waals surface area contributed by atoms with Crippen molar-refractivity contribution in [1.29, 1.82) is 5.26 Å². The SMILES string of the molecule is [C-]#[N+]C(C#N)(CCC(F)(F)F)Cc1cc(OC)no1. The zero-order chi connectivity index (χ0) is 14.5. The quantitative estimate of drug-likeness (QED) is 0.774. The van der Waals surface area contributed by atoms with Crippen molar-refractivity contribution in [3.05, 3.63) is 23.2 Å². The number of ether oxygens (including phenoxy) is 1. The predicted octanol–water partition coefficient (Wildman–Crippen LogP) is 2.75. The summed E-state index contributed by atoms with van der Waals surface area (Å²) >= 11 is 0. The van der Waals surface area contributed by atoms with Crippen molar-refractivity contribution >= 4 is 0 Å². The summed E-state index contributed by atoms with van der Waals surface area (Å²) in [5.41, 5.74) is -1.81. The molecule has 0 aliphatic carbocycles. The lowest BCUT2D eigenvalue weighted by molar-refractivity contribution is -0.136. The summed E-state index contributed by atoms with van der Waals surface area (Å²) in [7, 11) is 1.34. The number of nitriles is 1. The van der Waals surface area contributed by atoms with E-state index in [1.165, 1.54) is 13.2 Å². The maximum absolute atomic E-state index is 12.2. The molecule has 1 unspecified atom stereocenters. The van der Waals surface area contributed by atoms with Crippen LogP contribution in [0.4, 0.5) is 13.2 Å². The third-order valence-electron chi connectivity index (χ3n) is 2.46. The Morgan fingerprint density at radius 1 is 1.53 bits per heavy atom. The predicted molar refractivity (Wildman–Crippen MR) is 57.0 cm³/mol. The Kier molecular flexibility index (Phi) is 4.38. The summed E-state index contributed by atoms with van der Waals surface area (Å²) in [4.78, 5) is 3.03. The Hall–Kier alpha value is -2.22. The number of rotatable bonds is 5. The molecule has 0 fully saturated rings. The van der Waals surface area contributed by atoms with Gasteiger partial charge in [0.15, 0.2) is 6.07 Å². The smallest absolute Gasteiger partial charge is 0.389 e. The molecule has 1 aromatic rings. The van der Waals surface area contributed by atoms with E-state index in [2.05, 4.69) is 10.0 Å². The molecule has 0 saturated carbocycles. The summed E-state index contributed by atoms with van der Waals surface area (Å²) < 4.78 is 46.1. The lowest BCUT2D eigenvalue weighted by Crippen LogP contribution is -2.27. The summed E-state index contributed by atoms with van der Waals surface area (Å²) in [6.07, 6.45) is -6.49. The number of aromatic nitrogens is 1. The number of hydrogen-bond acceptors (Lipinski definition) is 4. The van der Waals surface area contributed by atoms with E-state index >= 15 is 0 Å². The van der Waals surface area contributed by atoms with Crippen LogP contribution in [0, 0.1) is 17.9 Å². The minimum atomic E-state index is -4.41. The summed E-state index contributed by atoms with van der Waals surface area (Å²) in [6.45, 7) is 6.96. The molecule has 19 heavy (non-hydrogen) atoms. The molecular weight excluding hydrogens is 263 g/mol. The van der Waals surface area contributed by atoms with E-state index in [1.54, 1.807) is 6.07 Å². The van der Waals surface area contributed by atoms with Crippen molar-refractivity contribution in [2.24, 2.45) is 0 Å². The average Bonchev–Trinajstić information content (AvgIpc) is 2.81. The zero-order valence-electron chi connectivity index (χ0n) is 9.99. The number of halogens is 3. The maximum atomic E-state index is 12.2. The maximum Gasteiger partial charge on any atom is 0.389 e. The van der Waals surface area contributed by atoms with Crippen LogP contribution in [0.5, 0.6) is 5.88 Å². The second-order valence-electron chi connectivity index (χ2n) is 3.88. The molecule has 1 rings (SSSR count). The normalized spacial score (nSPS) is 14.2. The van der Waals surface area contributed by atoms with Gasteiger partial charge in [0.1, 0.15) is 12.2 Å². The van der Waals surface area contributed by atoms with Crippen molar-refractivity contribution in [3.8, 4) is 11.9 Å². The minimum absolute atomic E-state index is 0.136. The van der Waals surface area contributed by atoms with Crippen LogP contribution in [0.2, 0.25) is 0 Å². The lowest BCUT2D eigenvalue weighted by atomic mass is 9.91. The second kappa shape index (κ2) is 5.61. The highest BCUT2D eigenvalue weighted by atomic mass is 19.4. The first kappa shape index (κ1) is 14.8. The van der Waals surface area contributed by atoms with E-state index in [9.17, 15) is 13.2 Å². The van der Waals surface area contributed by atoms with E-state index in [-0.39, 0.29) is 18.1 Å². The third-order valence-corrected chi connectivity index (χ3v) is 2.46. The fraction of sp³-hybridized carbons (Fsp3) is 0.545. The number of methoxy groups -OCH3 is 1. The van der Waals surface area contributed by atoms with Gasteiger partial charge in [0, 0.05) is 12.5 Å². The van der Waals surface area contributed by atoms with E-state index in [4.69, 9.17) is 21.1 Å². The molecule has 0 saturated heterocycles. The van der Waals surface area contributed by atoms with Crippen LogP contribution in [0.25, 0.3) is 4.85 Å². The van der Waals surface area contributed by atoms with Gasteiger partial charge in [-0.1, -0.05) is 0 Å². The molecule has 0 spiro atoms. The molecule has 1 atom stereocenters. The molecule has 0 aliphatic heterocycles. The Balaban J connectivity index is 2.83. The van der Waals surface area contributed by atoms with Crippen molar-refractivity contribution in [2.75, 3.05) is 7.11 Å². The number of alkyl halides is 3. The van der Waals surface area contributed by atoms with Crippen molar-refractivity contribution in [3.63, 3.8) is 0 Å². The first-order valence-electron chi connectivity index (χ1n) is 5.20. The highest BCUT2D eigenvalue weighted by Crippen LogP contribution is 2.30. The average molecular weight is 273 g/mol. The Bertz CT molecular complexity index is 496. The molecule has 102 valence electrons. The zero-order valence-corrected chi connectivity index (χ0v) is 9.99. The lowest BCUT2D eigenvalue weighted by Gasteiger charge is -2.13. The molecule has 1 aromatic heterocycles. The van der Waals surface area contributed by atoms with Gasteiger partial charge in [-0.15, -0.1) is 0 Å². The van der Waals surface area contributed by atoms with Crippen LogP contribution in [0.1, 0.15) is 18.6 Å². The molecule has 0 bridgehead atoms. The van der Waals surface area contributed by atoms with E-state index in [1.807, 2.05) is 0 Å². The Morgan fingerprint density at radius 3 is 2.63 bits per heavy atom. The largest absolute Gasteiger partial charge is 0.479 e. The van der Waals surface area contributed by atoms with Crippen LogP contribution in [0.3, 0.4) is 0 Å². The van der Waals surface area contributed by atoms with Gasteiger partial charge in [-0.2, -0.15) is 18.4 Å². The van der Waals surface area contributed by atoms with Crippen LogP contribution < -0.4 is 4.74 Å². The molecule has 0 amide bonds. The molecule has 5 nitrogen and oxygen atoms in total. The van der Waals surface area contributed by atoms with Gasteiger partial charge in [-0.25, -0.2) is 6.57 Å². The van der Waals surface area contributed by atoms with E-state index in [0.717, 1.165) is 0 Å². The summed E-state index contributed by atoms with van der Waals surface area (Å²) in [5.74, 6) is 0.277. The fourth-order valence-corrected chi connectivity index (χ4v) is 1.41. The van der Waals surface area contributed by atoms with Crippen LogP contribution in [-0.4, -0.2) is 24.0 Å². The van der Waals surface area contributed by atoms with Gasteiger partial charge in [-0.3, -0.25) is 4.85 Å². The number of hydrogen-bond donors (Lipinski definition) is 0.